The molecule has 1 aliphatic carbocycles. The molecule has 6 nitrogen and oxygen atoms in total. The van der Waals surface area contributed by atoms with Gasteiger partial charge in [0.15, 0.2) is 17.3 Å². The number of carbonyl (C=O) groups excluding carboxylic acids is 2. The van der Waals surface area contributed by atoms with Gasteiger partial charge in [0, 0.05) is 30.4 Å². The zero-order valence-corrected chi connectivity index (χ0v) is 19.0. The number of hydrogen-bond donors (Lipinski definition) is 0. The van der Waals surface area contributed by atoms with Gasteiger partial charge >= 0.3 is 0 Å². The van der Waals surface area contributed by atoms with Crippen LogP contribution in [0.1, 0.15) is 42.6 Å². The molecule has 2 heterocycles. The highest BCUT2D eigenvalue weighted by atomic mass is 35.5. The fourth-order valence-corrected chi connectivity index (χ4v) is 5.33. The van der Waals surface area contributed by atoms with Crippen LogP contribution >= 0.6 is 11.6 Å². The fraction of sp³-hybridized carbons (Fsp3) is 0.360. The van der Waals surface area contributed by atoms with Crippen LogP contribution in [-0.4, -0.2) is 31.4 Å². The lowest BCUT2D eigenvalue weighted by molar-refractivity contribution is -0.119. The van der Waals surface area contributed by atoms with Crippen molar-refractivity contribution in [2.45, 2.75) is 37.9 Å². The number of ketones is 2. The normalized spacial score (nSPS) is 28.3. The van der Waals surface area contributed by atoms with E-state index in [0.717, 1.165) is 5.56 Å². The fourth-order valence-electron chi connectivity index (χ4n) is 5.06. The number of fused-ring (bicyclic) bond motifs is 2. The summed E-state index contributed by atoms with van der Waals surface area (Å²) in [5.74, 6) is 0.308. The third-order valence-electron chi connectivity index (χ3n) is 6.78. The van der Waals surface area contributed by atoms with E-state index in [9.17, 15) is 9.59 Å². The molecule has 3 aliphatic rings. The number of carbonyl (C=O) groups is 2. The number of halogens is 1. The summed E-state index contributed by atoms with van der Waals surface area (Å²) < 4.78 is 23.7. The van der Waals surface area contributed by atoms with Crippen LogP contribution in [0, 0.1) is 5.92 Å². The van der Waals surface area contributed by atoms with Gasteiger partial charge in [-0.1, -0.05) is 48.9 Å². The average molecular weight is 455 g/mol. The summed E-state index contributed by atoms with van der Waals surface area (Å²) in [6, 6.07) is 11.2. The van der Waals surface area contributed by atoms with Crippen LogP contribution < -0.4 is 14.2 Å². The number of ether oxygens (including phenoxy) is 4. The molecule has 0 fully saturated rings. The van der Waals surface area contributed by atoms with E-state index < -0.39 is 17.1 Å². The van der Waals surface area contributed by atoms with E-state index in [2.05, 4.69) is 0 Å². The molecule has 0 saturated heterocycles. The highest BCUT2D eigenvalue weighted by Gasteiger charge is 2.64. The molecular weight excluding hydrogens is 432 g/mol. The molecule has 0 aromatic heterocycles. The zero-order valence-electron chi connectivity index (χ0n) is 18.3. The van der Waals surface area contributed by atoms with Crippen LogP contribution in [0.25, 0.3) is 0 Å². The van der Waals surface area contributed by atoms with Crippen molar-refractivity contribution in [3.05, 3.63) is 63.9 Å². The standard InChI is InChI=1S/C25H23ClO6/c1-13-10-16(27)15-12-24(2,14-8-6-5-7-9-14)32-23(15)25(13)22(28)19-17(29-3)11-18(30-4)20(26)21(19)31-25/h5-9,11,13H,10,12H2,1-4H3/t13-,24-,25-/m1/s1. The molecule has 0 bridgehead atoms. The molecule has 166 valence electrons. The minimum Gasteiger partial charge on any atom is -0.496 e. The molecule has 2 aromatic carbocycles. The topological polar surface area (TPSA) is 71.1 Å². The van der Waals surface area contributed by atoms with Gasteiger partial charge in [-0.05, 0) is 12.5 Å². The highest BCUT2D eigenvalue weighted by molar-refractivity contribution is 6.35. The third kappa shape index (κ3) is 2.59. The van der Waals surface area contributed by atoms with Crippen LogP contribution in [0.5, 0.6) is 17.2 Å². The van der Waals surface area contributed by atoms with Gasteiger partial charge < -0.3 is 18.9 Å². The molecule has 2 aliphatic heterocycles. The molecule has 32 heavy (non-hydrogen) atoms. The maximum atomic E-state index is 14.0. The average Bonchev–Trinajstić information content (AvgIpc) is 3.32. The molecule has 0 radical (unpaired) electrons. The monoisotopic (exact) mass is 454 g/mol. The Balaban J connectivity index is 1.68. The molecule has 5 rings (SSSR count). The second-order valence-electron chi connectivity index (χ2n) is 8.68. The van der Waals surface area contributed by atoms with E-state index in [0.29, 0.717) is 23.5 Å². The summed E-state index contributed by atoms with van der Waals surface area (Å²) in [5.41, 5.74) is -0.615. The minimum absolute atomic E-state index is 0.0271. The Bertz CT molecular complexity index is 1190. The van der Waals surface area contributed by atoms with Crippen molar-refractivity contribution >= 4 is 23.2 Å². The number of benzene rings is 2. The molecule has 0 unspecified atom stereocenters. The zero-order chi connectivity index (χ0) is 22.8. The van der Waals surface area contributed by atoms with Crippen molar-refractivity contribution in [1.82, 2.24) is 0 Å². The molecule has 3 atom stereocenters. The van der Waals surface area contributed by atoms with Gasteiger partial charge in [0.1, 0.15) is 27.7 Å². The molecule has 0 saturated carbocycles. The van der Waals surface area contributed by atoms with E-state index in [-0.39, 0.29) is 40.1 Å². The van der Waals surface area contributed by atoms with Gasteiger partial charge in [-0.25, -0.2) is 0 Å². The Kier molecular flexibility index (Phi) is 4.57. The first-order valence-corrected chi connectivity index (χ1v) is 10.8. The van der Waals surface area contributed by atoms with Crippen molar-refractivity contribution in [1.29, 1.82) is 0 Å². The third-order valence-corrected chi connectivity index (χ3v) is 7.14. The first kappa shape index (κ1) is 20.9. The van der Waals surface area contributed by atoms with Crippen molar-refractivity contribution in [3.8, 4) is 17.2 Å². The first-order chi connectivity index (χ1) is 15.3. The summed E-state index contributed by atoms with van der Waals surface area (Å²) >= 11 is 6.54. The SMILES string of the molecule is COc1cc(OC)c2c(c1Cl)O[C@]1(C2=O)C2=C(C[C@](C)(c3ccccc3)O2)C(=O)C[C@H]1C. The van der Waals surface area contributed by atoms with Gasteiger partial charge in [-0.15, -0.1) is 0 Å². The second kappa shape index (κ2) is 7.01. The van der Waals surface area contributed by atoms with Crippen LogP contribution in [-0.2, 0) is 15.1 Å². The molecular formula is C25H23ClO6. The first-order valence-electron chi connectivity index (χ1n) is 10.5. The lowest BCUT2D eigenvalue weighted by Gasteiger charge is -2.38. The Hall–Kier alpha value is -2.99. The number of methoxy groups -OCH3 is 2. The highest BCUT2D eigenvalue weighted by Crippen LogP contribution is 2.59. The van der Waals surface area contributed by atoms with Gasteiger partial charge in [-0.3, -0.25) is 9.59 Å². The van der Waals surface area contributed by atoms with Gasteiger partial charge in [-0.2, -0.15) is 0 Å². The summed E-state index contributed by atoms with van der Waals surface area (Å²) in [5, 5.41) is 0.184. The smallest absolute Gasteiger partial charge is 0.231 e. The predicted octanol–water partition coefficient (Wildman–Crippen LogP) is 4.87. The maximum Gasteiger partial charge on any atom is 0.231 e. The lowest BCUT2D eigenvalue weighted by atomic mass is 9.72. The largest absolute Gasteiger partial charge is 0.496 e. The van der Waals surface area contributed by atoms with Gasteiger partial charge in [0.2, 0.25) is 11.4 Å². The molecule has 2 aromatic rings. The Morgan fingerprint density at radius 3 is 2.41 bits per heavy atom. The van der Waals surface area contributed by atoms with E-state index in [1.54, 1.807) is 6.07 Å². The van der Waals surface area contributed by atoms with Crippen LogP contribution in [0.2, 0.25) is 5.02 Å². The number of rotatable bonds is 3. The summed E-state index contributed by atoms with van der Waals surface area (Å²) in [7, 11) is 2.95. The van der Waals surface area contributed by atoms with Crippen LogP contribution in [0.3, 0.4) is 0 Å². The number of Topliss-reactive ketones (excluding diaryl/α,β-unsaturated/α-hetero) is 2. The summed E-state index contributed by atoms with van der Waals surface area (Å²) in [4.78, 5) is 27.0. The minimum atomic E-state index is -1.48. The van der Waals surface area contributed by atoms with Crippen molar-refractivity contribution in [2.75, 3.05) is 14.2 Å². The van der Waals surface area contributed by atoms with E-state index in [1.165, 1.54) is 14.2 Å². The van der Waals surface area contributed by atoms with E-state index in [1.807, 2.05) is 44.2 Å². The second-order valence-corrected chi connectivity index (χ2v) is 9.06. The van der Waals surface area contributed by atoms with Crippen LogP contribution in [0.4, 0.5) is 0 Å². The summed E-state index contributed by atoms with van der Waals surface area (Å²) in [6.45, 7) is 3.75. The molecule has 0 amide bonds. The number of hydrogen-bond acceptors (Lipinski definition) is 6. The van der Waals surface area contributed by atoms with Gasteiger partial charge in [0.25, 0.3) is 0 Å². The van der Waals surface area contributed by atoms with Crippen molar-refractivity contribution in [2.24, 2.45) is 5.92 Å². The Morgan fingerprint density at radius 2 is 1.75 bits per heavy atom. The molecule has 1 spiro atoms. The van der Waals surface area contributed by atoms with Crippen LogP contribution in [0.15, 0.2) is 47.7 Å². The quantitative estimate of drug-likeness (QED) is 0.659. The van der Waals surface area contributed by atoms with Crippen molar-refractivity contribution in [3.63, 3.8) is 0 Å². The van der Waals surface area contributed by atoms with E-state index >= 15 is 0 Å². The molecule has 0 N–H and O–H groups in total. The van der Waals surface area contributed by atoms with Gasteiger partial charge in [0.05, 0.1) is 14.2 Å². The van der Waals surface area contributed by atoms with E-state index in [4.69, 9.17) is 30.5 Å². The molecule has 7 heteroatoms. The van der Waals surface area contributed by atoms with Crippen molar-refractivity contribution < 1.29 is 28.5 Å². The lowest BCUT2D eigenvalue weighted by Crippen LogP contribution is -2.52. The Morgan fingerprint density at radius 1 is 1.06 bits per heavy atom. The Labute approximate surface area is 191 Å². The predicted molar refractivity (Wildman–Crippen MR) is 118 cm³/mol. The summed E-state index contributed by atoms with van der Waals surface area (Å²) in [6.07, 6.45) is 0.532. The maximum absolute atomic E-state index is 14.0.